The number of esters is 1. The molecule has 1 aliphatic rings. The van der Waals surface area contributed by atoms with Gasteiger partial charge in [0.05, 0.1) is 19.3 Å². The zero-order chi connectivity index (χ0) is 23.2. The normalized spacial score (nSPS) is 13.2. The molecular formula is C27H27NO4S. The van der Waals surface area contributed by atoms with E-state index < -0.39 is 0 Å². The zero-order valence-corrected chi connectivity index (χ0v) is 19.7. The number of benzene rings is 2. The fraction of sp³-hybridized carbons (Fsp3) is 0.259. The fourth-order valence-corrected chi connectivity index (χ4v) is 5.28. The maximum atomic E-state index is 13.5. The molecule has 6 heteroatoms. The van der Waals surface area contributed by atoms with E-state index in [0.29, 0.717) is 22.7 Å². The summed E-state index contributed by atoms with van der Waals surface area (Å²) in [4.78, 5) is 27.5. The van der Waals surface area contributed by atoms with Crippen LogP contribution in [0, 0.1) is 0 Å². The van der Waals surface area contributed by atoms with E-state index in [4.69, 9.17) is 9.47 Å². The van der Waals surface area contributed by atoms with Crippen molar-refractivity contribution in [1.82, 2.24) is 0 Å². The maximum Gasteiger partial charge on any atom is 0.341 e. The SMILES string of the molecule is CCOC(=O)c1c(NC(=O)/C(=C/c2ccc(OC)cc2)c2ccccc2)sc2c1CCCC2. The van der Waals surface area contributed by atoms with E-state index in [9.17, 15) is 9.59 Å². The predicted octanol–water partition coefficient (Wildman–Crippen LogP) is 5.99. The molecule has 0 bridgehead atoms. The lowest BCUT2D eigenvalue weighted by atomic mass is 9.95. The summed E-state index contributed by atoms with van der Waals surface area (Å²) < 4.78 is 10.6. The molecule has 170 valence electrons. The molecule has 1 N–H and O–H groups in total. The molecule has 0 fully saturated rings. The van der Waals surface area contributed by atoms with Crippen LogP contribution in [-0.4, -0.2) is 25.6 Å². The van der Waals surface area contributed by atoms with Crippen molar-refractivity contribution >= 4 is 39.9 Å². The average Bonchev–Trinajstić information content (AvgIpc) is 3.21. The largest absolute Gasteiger partial charge is 0.497 e. The Morgan fingerprint density at radius 1 is 1.03 bits per heavy atom. The number of thiophene rings is 1. The van der Waals surface area contributed by atoms with Gasteiger partial charge in [-0.1, -0.05) is 42.5 Å². The molecule has 0 unspecified atom stereocenters. The Kier molecular flexibility index (Phi) is 7.25. The summed E-state index contributed by atoms with van der Waals surface area (Å²) in [5.74, 6) is 0.120. The van der Waals surface area contributed by atoms with E-state index in [1.165, 1.54) is 16.2 Å². The molecule has 0 aliphatic heterocycles. The second-order valence-electron chi connectivity index (χ2n) is 7.79. The first kappa shape index (κ1) is 22.8. The Bertz CT molecular complexity index is 1160. The van der Waals surface area contributed by atoms with Crippen LogP contribution >= 0.6 is 11.3 Å². The lowest BCUT2D eigenvalue weighted by Crippen LogP contribution is -2.16. The van der Waals surface area contributed by atoms with Crippen molar-refractivity contribution < 1.29 is 19.1 Å². The lowest BCUT2D eigenvalue weighted by molar-refractivity contribution is -0.111. The molecule has 1 amide bonds. The number of hydrogen-bond acceptors (Lipinski definition) is 5. The van der Waals surface area contributed by atoms with Gasteiger partial charge in [-0.2, -0.15) is 0 Å². The number of ether oxygens (including phenoxy) is 2. The van der Waals surface area contributed by atoms with E-state index in [1.807, 2.05) is 60.7 Å². The van der Waals surface area contributed by atoms with Crippen LogP contribution in [-0.2, 0) is 22.4 Å². The number of fused-ring (bicyclic) bond motifs is 1. The van der Waals surface area contributed by atoms with Gasteiger partial charge < -0.3 is 14.8 Å². The number of carbonyl (C=O) groups is 2. The highest BCUT2D eigenvalue weighted by atomic mass is 32.1. The summed E-state index contributed by atoms with van der Waals surface area (Å²) in [7, 11) is 1.62. The molecule has 2 aromatic carbocycles. The predicted molar refractivity (Wildman–Crippen MR) is 133 cm³/mol. The van der Waals surface area contributed by atoms with Gasteiger partial charge in [-0.3, -0.25) is 4.79 Å². The van der Waals surface area contributed by atoms with Gasteiger partial charge in [0.25, 0.3) is 5.91 Å². The van der Waals surface area contributed by atoms with Crippen molar-refractivity contribution in [3.05, 3.63) is 81.7 Å². The third-order valence-corrected chi connectivity index (χ3v) is 6.84. The summed E-state index contributed by atoms with van der Waals surface area (Å²) in [6.45, 7) is 2.09. The first-order valence-electron chi connectivity index (χ1n) is 11.1. The molecular weight excluding hydrogens is 434 g/mol. The monoisotopic (exact) mass is 461 g/mol. The van der Waals surface area contributed by atoms with E-state index in [1.54, 1.807) is 14.0 Å². The van der Waals surface area contributed by atoms with Gasteiger partial charge >= 0.3 is 5.97 Å². The quantitative estimate of drug-likeness (QED) is 0.267. The molecule has 1 aliphatic carbocycles. The zero-order valence-electron chi connectivity index (χ0n) is 18.9. The van der Waals surface area contributed by atoms with Crippen LogP contribution in [0.25, 0.3) is 11.6 Å². The summed E-state index contributed by atoms with van der Waals surface area (Å²) >= 11 is 1.49. The number of nitrogens with one attached hydrogen (secondary N) is 1. The molecule has 3 aromatic rings. The standard InChI is InChI=1S/C27H27NO4S/c1-3-32-27(30)24-21-11-7-8-12-23(21)33-26(24)28-25(29)22(19-9-5-4-6-10-19)17-18-13-15-20(31-2)16-14-18/h4-6,9-10,13-17H,3,7-8,11-12H2,1-2H3,(H,28,29)/b22-17+. The first-order valence-corrected chi connectivity index (χ1v) is 12.0. The van der Waals surface area contributed by atoms with Crippen LogP contribution in [0.2, 0.25) is 0 Å². The van der Waals surface area contributed by atoms with Crippen LogP contribution in [0.1, 0.15) is 51.7 Å². The van der Waals surface area contributed by atoms with Crippen molar-refractivity contribution in [2.75, 3.05) is 19.0 Å². The van der Waals surface area contributed by atoms with E-state index in [-0.39, 0.29) is 11.9 Å². The number of anilines is 1. The van der Waals surface area contributed by atoms with Crippen molar-refractivity contribution in [2.24, 2.45) is 0 Å². The van der Waals surface area contributed by atoms with E-state index >= 15 is 0 Å². The lowest BCUT2D eigenvalue weighted by Gasteiger charge is -2.13. The van der Waals surface area contributed by atoms with Crippen molar-refractivity contribution in [2.45, 2.75) is 32.6 Å². The molecule has 5 nitrogen and oxygen atoms in total. The Morgan fingerprint density at radius 3 is 2.45 bits per heavy atom. The Labute approximate surface area is 198 Å². The number of methoxy groups -OCH3 is 1. The van der Waals surface area contributed by atoms with Crippen molar-refractivity contribution in [1.29, 1.82) is 0 Å². The van der Waals surface area contributed by atoms with Crippen LogP contribution in [0.3, 0.4) is 0 Å². The second-order valence-corrected chi connectivity index (χ2v) is 8.89. The van der Waals surface area contributed by atoms with E-state index in [2.05, 4.69) is 5.32 Å². The van der Waals surface area contributed by atoms with Crippen molar-refractivity contribution in [3.8, 4) is 5.75 Å². The molecule has 1 heterocycles. The van der Waals surface area contributed by atoms with Crippen LogP contribution in [0.15, 0.2) is 54.6 Å². The topological polar surface area (TPSA) is 64.6 Å². The van der Waals surface area contributed by atoms with Gasteiger partial charge in [-0.05, 0) is 67.5 Å². The van der Waals surface area contributed by atoms with Gasteiger partial charge in [0.1, 0.15) is 10.8 Å². The summed E-state index contributed by atoms with van der Waals surface area (Å²) in [5, 5.41) is 3.61. The van der Waals surface area contributed by atoms with Gasteiger partial charge in [0.2, 0.25) is 0 Å². The Morgan fingerprint density at radius 2 is 1.76 bits per heavy atom. The first-order chi connectivity index (χ1) is 16.1. The smallest absolute Gasteiger partial charge is 0.341 e. The van der Waals surface area contributed by atoms with E-state index in [0.717, 1.165) is 48.1 Å². The minimum Gasteiger partial charge on any atom is -0.497 e. The average molecular weight is 462 g/mol. The number of amides is 1. The third-order valence-electron chi connectivity index (χ3n) is 5.63. The van der Waals surface area contributed by atoms with Gasteiger partial charge in [0, 0.05) is 10.5 Å². The summed E-state index contributed by atoms with van der Waals surface area (Å²) in [6, 6.07) is 17.1. The van der Waals surface area contributed by atoms with Crippen LogP contribution in [0.4, 0.5) is 5.00 Å². The fourth-order valence-electron chi connectivity index (χ4n) is 4.01. The third kappa shape index (κ3) is 5.17. The van der Waals surface area contributed by atoms with Crippen LogP contribution < -0.4 is 10.1 Å². The van der Waals surface area contributed by atoms with Gasteiger partial charge in [-0.25, -0.2) is 4.79 Å². The highest BCUT2D eigenvalue weighted by Crippen LogP contribution is 2.39. The molecule has 4 rings (SSSR count). The summed E-state index contributed by atoms with van der Waals surface area (Å²) in [6.07, 6.45) is 5.74. The number of hydrogen-bond donors (Lipinski definition) is 1. The molecule has 0 atom stereocenters. The minimum atomic E-state index is -0.368. The summed E-state index contributed by atoms with van der Waals surface area (Å²) in [5.41, 5.74) is 3.73. The number of carbonyl (C=O) groups excluding carboxylic acids is 2. The number of aryl methyl sites for hydroxylation is 1. The highest BCUT2D eigenvalue weighted by molar-refractivity contribution is 7.17. The number of rotatable bonds is 7. The highest BCUT2D eigenvalue weighted by Gasteiger charge is 2.28. The second kappa shape index (κ2) is 10.5. The minimum absolute atomic E-state index is 0.263. The molecule has 0 saturated carbocycles. The molecule has 0 radical (unpaired) electrons. The Balaban J connectivity index is 1.71. The van der Waals surface area contributed by atoms with Gasteiger partial charge in [0.15, 0.2) is 0 Å². The Hall–Kier alpha value is -3.38. The van der Waals surface area contributed by atoms with Gasteiger partial charge in [-0.15, -0.1) is 11.3 Å². The molecule has 1 aromatic heterocycles. The molecule has 33 heavy (non-hydrogen) atoms. The molecule has 0 spiro atoms. The molecule has 0 saturated heterocycles. The maximum absolute atomic E-state index is 13.5. The van der Waals surface area contributed by atoms with Crippen LogP contribution in [0.5, 0.6) is 5.75 Å². The van der Waals surface area contributed by atoms with Crippen molar-refractivity contribution in [3.63, 3.8) is 0 Å².